The smallest absolute Gasteiger partial charge is 0.254 e. The van der Waals surface area contributed by atoms with E-state index >= 15 is 0 Å². The van der Waals surface area contributed by atoms with Gasteiger partial charge in [0, 0.05) is 66.4 Å². The lowest BCUT2D eigenvalue weighted by atomic mass is 9.89. The average Bonchev–Trinajstić information content (AvgIpc) is 3.30. The Labute approximate surface area is 246 Å². The van der Waals surface area contributed by atoms with Gasteiger partial charge in [-0.15, -0.1) is 11.8 Å². The van der Waals surface area contributed by atoms with E-state index in [1.165, 1.54) is 11.8 Å². The fraction of sp³-hybridized carbons (Fsp3) is 0.483. The van der Waals surface area contributed by atoms with Crippen molar-refractivity contribution in [2.45, 2.75) is 50.1 Å². The average molecular weight is 594 g/mol. The molecule has 39 heavy (non-hydrogen) atoms. The third-order valence-electron chi connectivity index (χ3n) is 6.92. The van der Waals surface area contributed by atoms with Crippen molar-refractivity contribution in [3.8, 4) is 0 Å². The van der Waals surface area contributed by atoms with E-state index < -0.39 is 0 Å². The number of likely N-dealkylation sites (N-methyl/N-ethyl adjacent to an activating group) is 1. The summed E-state index contributed by atoms with van der Waals surface area (Å²) in [6.45, 7) is 10.2. The maximum atomic E-state index is 12.9. The summed E-state index contributed by atoms with van der Waals surface area (Å²) in [4.78, 5) is 41.4. The highest BCUT2D eigenvalue weighted by atomic mass is 35.5. The van der Waals surface area contributed by atoms with Crippen molar-refractivity contribution in [2.75, 3.05) is 50.4 Å². The maximum absolute atomic E-state index is 12.9. The lowest BCUT2D eigenvalue weighted by Crippen LogP contribution is -2.65. The Morgan fingerprint density at radius 3 is 2.46 bits per heavy atom. The quantitative estimate of drug-likeness (QED) is 0.378. The number of piperazine rings is 1. The van der Waals surface area contributed by atoms with E-state index in [-0.39, 0.29) is 23.4 Å². The first-order valence-corrected chi connectivity index (χ1v) is 15.1. The molecule has 2 amide bonds. The molecule has 3 heterocycles. The Hall–Kier alpha value is -2.26. The molecule has 0 aliphatic carbocycles. The topological polar surface area (TPSA) is 73.0 Å². The molecular formula is C29H38Cl2N4O3S. The molecule has 0 radical (unpaired) electrons. The Bertz CT molecular complexity index is 1160. The molecule has 10 heteroatoms. The summed E-state index contributed by atoms with van der Waals surface area (Å²) >= 11 is 13.7. The number of benzene rings is 2. The summed E-state index contributed by atoms with van der Waals surface area (Å²) in [7, 11) is 2.08. The molecular weight excluding hydrogens is 555 g/mol. The van der Waals surface area contributed by atoms with Crippen LogP contribution in [0.4, 0.5) is 5.69 Å². The van der Waals surface area contributed by atoms with Crippen LogP contribution in [-0.2, 0) is 9.59 Å². The molecule has 212 valence electrons. The monoisotopic (exact) mass is 592 g/mol. The number of nitrogens with one attached hydrogen (secondary N) is 1. The van der Waals surface area contributed by atoms with Gasteiger partial charge in [0.25, 0.3) is 5.91 Å². The van der Waals surface area contributed by atoms with Crippen LogP contribution >= 0.6 is 35.0 Å². The zero-order valence-electron chi connectivity index (χ0n) is 23.1. The molecule has 3 aliphatic heterocycles. The van der Waals surface area contributed by atoms with Crippen LogP contribution in [0.2, 0.25) is 10.0 Å². The third-order valence-corrected chi connectivity index (χ3v) is 8.55. The zero-order valence-corrected chi connectivity index (χ0v) is 25.4. The molecule has 0 unspecified atom stereocenters. The van der Waals surface area contributed by atoms with Crippen molar-refractivity contribution >= 4 is 58.8 Å². The molecule has 3 saturated heterocycles. The number of nitrogens with zero attached hydrogens (tertiary/aromatic N) is 3. The normalized spacial score (nSPS) is 19.7. The first-order chi connectivity index (χ1) is 18.7. The van der Waals surface area contributed by atoms with E-state index in [4.69, 9.17) is 23.2 Å². The molecule has 3 aliphatic rings. The molecule has 0 bridgehead atoms. The second-order valence-corrected chi connectivity index (χ2v) is 11.8. The Balaban J connectivity index is 0.000000289. The maximum Gasteiger partial charge on any atom is 0.254 e. The molecule has 2 aromatic rings. The number of carbonyl (C=O) groups is 3. The number of thioether (sulfide) groups is 1. The van der Waals surface area contributed by atoms with Gasteiger partial charge >= 0.3 is 0 Å². The van der Waals surface area contributed by atoms with Crippen molar-refractivity contribution in [1.82, 2.24) is 15.1 Å². The number of hydrogen-bond acceptors (Lipinski definition) is 6. The lowest BCUT2D eigenvalue weighted by Gasteiger charge is -2.45. The van der Waals surface area contributed by atoms with Crippen LogP contribution < -0.4 is 10.2 Å². The van der Waals surface area contributed by atoms with Crippen LogP contribution in [-0.4, -0.2) is 85.0 Å². The van der Waals surface area contributed by atoms with Crippen LogP contribution in [0, 0.1) is 0 Å². The third kappa shape index (κ3) is 8.13. The predicted octanol–water partition coefficient (Wildman–Crippen LogP) is 5.24. The number of hydrogen-bond donors (Lipinski definition) is 1. The fourth-order valence-corrected chi connectivity index (χ4v) is 6.37. The first-order valence-electron chi connectivity index (χ1n) is 13.4. The fourth-order valence-electron chi connectivity index (χ4n) is 5.24. The second kappa shape index (κ2) is 14.4. The van der Waals surface area contributed by atoms with Crippen LogP contribution in [0.15, 0.2) is 47.4 Å². The van der Waals surface area contributed by atoms with Gasteiger partial charge in [-0.2, -0.15) is 0 Å². The van der Waals surface area contributed by atoms with Gasteiger partial charge in [-0.1, -0.05) is 43.1 Å². The van der Waals surface area contributed by atoms with E-state index in [0.717, 1.165) is 49.3 Å². The number of halogens is 2. The first kappa shape index (κ1) is 31.3. The van der Waals surface area contributed by atoms with Gasteiger partial charge in [0.2, 0.25) is 5.91 Å². The highest BCUT2D eigenvalue weighted by molar-refractivity contribution is 8.00. The van der Waals surface area contributed by atoms with Gasteiger partial charge in [0.1, 0.15) is 6.29 Å². The summed E-state index contributed by atoms with van der Waals surface area (Å²) in [6.07, 6.45) is 2.60. The molecule has 0 saturated carbocycles. The lowest BCUT2D eigenvalue weighted by molar-refractivity contribution is -0.120. The predicted molar refractivity (Wildman–Crippen MR) is 161 cm³/mol. The Morgan fingerprint density at radius 1 is 1.15 bits per heavy atom. The van der Waals surface area contributed by atoms with Crippen molar-refractivity contribution < 1.29 is 14.4 Å². The molecule has 1 atom stereocenters. The number of amides is 2. The highest BCUT2D eigenvalue weighted by Gasteiger charge is 2.45. The SMILES string of the molecule is CC.CN1CC2(CCC(=O)N2)C1.C[C@H]1CN(C(=O)c2ccc(SCC=O)c(Cl)c2)CCN1c1cccc(Cl)c1. The van der Waals surface area contributed by atoms with Crippen LogP contribution in [0.5, 0.6) is 0 Å². The molecule has 1 spiro atoms. The van der Waals surface area contributed by atoms with Crippen LogP contribution in [0.3, 0.4) is 0 Å². The highest BCUT2D eigenvalue weighted by Crippen LogP contribution is 2.30. The van der Waals surface area contributed by atoms with Gasteiger partial charge in [-0.25, -0.2) is 0 Å². The number of carbonyl (C=O) groups excluding carboxylic acids is 3. The number of likely N-dealkylation sites (tertiary alicyclic amines) is 1. The minimum Gasteiger partial charge on any atom is -0.365 e. The van der Waals surface area contributed by atoms with Crippen molar-refractivity contribution in [2.24, 2.45) is 0 Å². The van der Waals surface area contributed by atoms with E-state index in [2.05, 4.69) is 29.1 Å². The van der Waals surface area contributed by atoms with Crippen molar-refractivity contribution in [1.29, 1.82) is 0 Å². The van der Waals surface area contributed by atoms with E-state index in [1.54, 1.807) is 18.2 Å². The molecule has 5 rings (SSSR count). The van der Waals surface area contributed by atoms with Gasteiger partial charge in [0.15, 0.2) is 0 Å². The van der Waals surface area contributed by atoms with E-state index in [1.807, 2.05) is 43.0 Å². The molecule has 0 aromatic heterocycles. The van der Waals surface area contributed by atoms with E-state index in [9.17, 15) is 14.4 Å². The largest absolute Gasteiger partial charge is 0.365 e. The van der Waals surface area contributed by atoms with Gasteiger partial charge in [-0.3, -0.25) is 9.59 Å². The summed E-state index contributed by atoms with van der Waals surface area (Å²) in [5.41, 5.74) is 1.83. The summed E-state index contributed by atoms with van der Waals surface area (Å²) in [5, 5.41) is 4.22. The van der Waals surface area contributed by atoms with Gasteiger partial charge in [-0.05, 0) is 56.8 Å². The summed E-state index contributed by atoms with van der Waals surface area (Å²) < 4.78 is 0. The van der Waals surface area contributed by atoms with Gasteiger partial charge in [0.05, 0.1) is 16.3 Å². The second-order valence-electron chi connectivity index (χ2n) is 9.90. The van der Waals surface area contributed by atoms with E-state index in [0.29, 0.717) is 34.5 Å². The molecule has 7 nitrogen and oxygen atoms in total. The minimum absolute atomic E-state index is 0.0265. The summed E-state index contributed by atoms with van der Waals surface area (Å²) in [6, 6.07) is 13.2. The minimum atomic E-state index is -0.0265. The Morgan fingerprint density at radius 2 is 1.90 bits per heavy atom. The standard InChI is InChI=1S/C20H20Cl2N2O2S.C7H12N2O.C2H6/c1-14-13-23(7-8-24(14)17-4-2-3-16(21)12-17)20(26)15-5-6-19(18(22)11-15)27-10-9-25;1-9-4-7(5-9)3-2-6(10)8-7;1-2/h2-6,9,11-12,14H,7-8,10,13H2,1H3;2-5H2,1H3,(H,8,10);1-2H3/t14-;;/m0../s1. The number of anilines is 1. The molecule has 1 N–H and O–H groups in total. The van der Waals surface area contributed by atoms with Crippen LogP contribution in [0.25, 0.3) is 0 Å². The summed E-state index contributed by atoms with van der Waals surface area (Å²) in [5.74, 6) is 0.547. The zero-order chi connectivity index (χ0) is 28.6. The van der Waals surface area contributed by atoms with Crippen molar-refractivity contribution in [3.05, 3.63) is 58.1 Å². The number of aldehydes is 1. The molecule has 2 aromatic carbocycles. The van der Waals surface area contributed by atoms with Gasteiger partial charge < -0.3 is 24.8 Å². The molecule has 3 fully saturated rings. The Kier molecular flexibility index (Phi) is 11.5. The number of rotatable bonds is 5. The van der Waals surface area contributed by atoms with Crippen LogP contribution in [0.1, 0.15) is 44.0 Å². The van der Waals surface area contributed by atoms with Crippen molar-refractivity contribution in [3.63, 3.8) is 0 Å².